The summed E-state index contributed by atoms with van der Waals surface area (Å²) in [7, 11) is 0. The maximum atomic E-state index is 11.1. The Bertz CT molecular complexity index is 1240. The first-order valence-corrected chi connectivity index (χ1v) is 12.5. The molecule has 4 aromatic rings. The monoisotopic (exact) mass is 462 g/mol. The van der Waals surface area contributed by atoms with Gasteiger partial charge in [0.1, 0.15) is 22.8 Å². The fourth-order valence-corrected chi connectivity index (χ4v) is 5.85. The Morgan fingerprint density at radius 3 is 2.76 bits per heavy atom. The number of aromatic nitrogens is 3. The zero-order chi connectivity index (χ0) is 22.8. The largest absolute Gasteiger partial charge is 0.387 e. The molecule has 0 aliphatic carbocycles. The van der Waals surface area contributed by atoms with Gasteiger partial charge in [0.05, 0.1) is 16.3 Å². The molecular formula is C25H30N6OS. The van der Waals surface area contributed by atoms with Crippen molar-refractivity contribution in [3.8, 4) is 0 Å². The van der Waals surface area contributed by atoms with E-state index in [-0.39, 0.29) is 0 Å². The lowest BCUT2D eigenvalue weighted by Crippen LogP contribution is -2.45. The van der Waals surface area contributed by atoms with Crippen molar-refractivity contribution in [2.45, 2.75) is 44.8 Å². The Hall–Kier alpha value is -2.81. The van der Waals surface area contributed by atoms with Gasteiger partial charge >= 0.3 is 0 Å². The number of benzene rings is 1. The van der Waals surface area contributed by atoms with Crippen LogP contribution in [0.25, 0.3) is 20.4 Å². The summed E-state index contributed by atoms with van der Waals surface area (Å²) in [6.45, 7) is 4.64. The number of pyridine rings is 1. The van der Waals surface area contributed by atoms with Crippen LogP contribution in [0.4, 0.5) is 11.6 Å². The normalized spacial score (nSPS) is 15.8. The lowest BCUT2D eigenvalue weighted by Gasteiger charge is -2.37. The number of hydrogen-bond donors (Lipinski definition) is 3. The summed E-state index contributed by atoms with van der Waals surface area (Å²) in [5, 5.41) is 15.6. The average Bonchev–Trinajstić information content (AvgIpc) is 3.24. The third-order valence-electron chi connectivity index (χ3n) is 6.44. The SMILES string of the molecule is CCCc1cc(N(C[C@@H](O)c2ccccc2)C2CCNCC2)nc2sc3c(N)ncnc3c12. The highest BCUT2D eigenvalue weighted by Crippen LogP contribution is 2.38. The molecule has 8 heteroatoms. The highest BCUT2D eigenvalue weighted by Gasteiger charge is 2.27. The van der Waals surface area contributed by atoms with Gasteiger partial charge in [0.15, 0.2) is 0 Å². The highest BCUT2D eigenvalue weighted by molar-refractivity contribution is 7.26. The quantitative estimate of drug-likeness (QED) is 0.381. The number of anilines is 2. The Morgan fingerprint density at radius 2 is 2.00 bits per heavy atom. The molecule has 0 unspecified atom stereocenters. The van der Waals surface area contributed by atoms with Gasteiger partial charge in [-0.25, -0.2) is 15.0 Å². The second-order valence-corrected chi connectivity index (χ2v) is 9.67. The second kappa shape index (κ2) is 9.59. The molecular weight excluding hydrogens is 432 g/mol. The van der Waals surface area contributed by atoms with Crippen molar-refractivity contribution in [2.24, 2.45) is 0 Å². The molecule has 5 rings (SSSR count). The molecule has 0 amide bonds. The lowest BCUT2D eigenvalue weighted by molar-refractivity contribution is 0.178. The fraction of sp³-hybridized carbons (Fsp3) is 0.400. The minimum Gasteiger partial charge on any atom is -0.387 e. The predicted molar refractivity (Wildman–Crippen MR) is 136 cm³/mol. The topological polar surface area (TPSA) is 100 Å². The van der Waals surface area contributed by atoms with Crippen molar-refractivity contribution in [2.75, 3.05) is 30.3 Å². The van der Waals surface area contributed by atoms with Crippen LogP contribution in [-0.2, 0) is 6.42 Å². The third-order valence-corrected chi connectivity index (χ3v) is 7.53. The van der Waals surface area contributed by atoms with Crippen LogP contribution in [0, 0.1) is 0 Å². The van der Waals surface area contributed by atoms with Crippen LogP contribution in [0.15, 0.2) is 42.7 Å². The smallest absolute Gasteiger partial charge is 0.144 e. The van der Waals surface area contributed by atoms with Crippen molar-refractivity contribution < 1.29 is 5.11 Å². The van der Waals surface area contributed by atoms with Gasteiger partial charge in [-0.3, -0.25) is 0 Å². The molecule has 1 saturated heterocycles. The lowest BCUT2D eigenvalue weighted by atomic mass is 10.0. The Labute approximate surface area is 197 Å². The van der Waals surface area contributed by atoms with Crippen LogP contribution < -0.4 is 16.0 Å². The molecule has 0 saturated carbocycles. The number of thiophene rings is 1. The molecule has 3 aromatic heterocycles. The molecule has 7 nitrogen and oxygen atoms in total. The Kier molecular flexibility index (Phi) is 6.39. The molecule has 0 radical (unpaired) electrons. The van der Waals surface area contributed by atoms with Gasteiger partial charge in [-0.2, -0.15) is 0 Å². The maximum absolute atomic E-state index is 11.1. The number of piperidine rings is 1. The van der Waals surface area contributed by atoms with Crippen LogP contribution in [-0.4, -0.2) is 45.7 Å². The molecule has 1 aromatic carbocycles. The molecule has 1 fully saturated rings. The van der Waals surface area contributed by atoms with E-state index in [4.69, 9.17) is 10.7 Å². The van der Waals surface area contributed by atoms with Gasteiger partial charge in [0.25, 0.3) is 0 Å². The Morgan fingerprint density at radius 1 is 1.21 bits per heavy atom. The summed E-state index contributed by atoms with van der Waals surface area (Å²) < 4.78 is 0.896. The van der Waals surface area contributed by atoms with E-state index in [0.717, 1.165) is 70.6 Å². The summed E-state index contributed by atoms with van der Waals surface area (Å²) in [5.74, 6) is 1.42. The number of aliphatic hydroxyl groups excluding tert-OH is 1. The van der Waals surface area contributed by atoms with E-state index in [1.54, 1.807) is 11.3 Å². The molecule has 1 aliphatic heterocycles. The zero-order valence-corrected chi connectivity index (χ0v) is 19.7. The van der Waals surface area contributed by atoms with E-state index < -0.39 is 6.10 Å². The van der Waals surface area contributed by atoms with Crippen molar-refractivity contribution in [1.29, 1.82) is 0 Å². The van der Waals surface area contributed by atoms with E-state index in [0.29, 0.717) is 18.4 Å². The summed E-state index contributed by atoms with van der Waals surface area (Å²) in [6, 6.07) is 12.4. The highest BCUT2D eigenvalue weighted by atomic mass is 32.1. The van der Waals surface area contributed by atoms with Gasteiger partial charge in [-0.1, -0.05) is 43.7 Å². The van der Waals surface area contributed by atoms with Gasteiger partial charge < -0.3 is 21.1 Å². The van der Waals surface area contributed by atoms with Crippen LogP contribution in [0.1, 0.15) is 43.4 Å². The molecule has 0 bridgehead atoms. The molecule has 4 heterocycles. The van der Waals surface area contributed by atoms with E-state index in [1.165, 1.54) is 11.9 Å². The molecule has 1 aliphatic rings. The van der Waals surface area contributed by atoms with Gasteiger partial charge in [-0.15, -0.1) is 11.3 Å². The van der Waals surface area contributed by atoms with Gasteiger partial charge in [-0.05, 0) is 49.5 Å². The number of nitrogens with two attached hydrogens (primary N) is 1. The number of nitrogens with one attached hydrogen (secondary N) is 1. The van der Waals surface area contributed by atoms with Crippen molar-refractivity contribution in [3.63, 3.8) is 0 Å². The minimum absolute atomic E-state index is 0.322. The maximum Gasteiger partial charge on any atom is 0.144 e. The van der Waals surface area contributed by atoms with Crippen LogP contribution >= 0.6 is 11.3 Å². The number of hydrogen-bond acceptors (Lipinski definition) is 8. The molecule has 33 heavy (non-hydrogen) atoms. The number of rotatable bonds is 7. The molecule has 1 atom stereocenters. The summed E-state index contributed by atoms with van der Waals surface area (Å²) in [6.07, 6.45) is 4.95. The second-order valence-electron chi connectivity index (χ2n) is 8.67. The number of fused-ring (bicyclic) bond motifs is 3. The number of aliphatic hydroxyl groups is 1. The van der Waals surface area contributed by atoms with E-state index in [9.17, 15) is 5.11 Å². The van der Waals surface area contributed by atoms with Gasteiger partial charge in [0, 0.05) is 18.0 Å². The first kappa shape index (κ1) is 22.0. The number of aryl methyl sites for hydroxylation is 1. The van der Waals surface area contributed by atoms with E-state index >= 15 is 0 Å². The average molecular weight is 463 g/mol. The molecule has 4 N–H and O–H groups in total. The Balaban J connectivity index is 1.61. The fourth-order valence-electron chi connectivity index (χ4n) is 4.78. The van der Waals surface area contributed by atoms with Crippen molar-refractivity contribution in [1.82, 2.24) is 20.3 Å². The minimum atomic E-state index is -0.586. The zero-order valence-electron chi connectivity index (χ0n) is 18.9. The van der Waals surface area contributed by atoms with Crippen molar-refractivity contribution in [3.05, 3.63) is 53.9 Å². The van der Waals surface area contributed by atoms with E-state index in [1.807, 2.05) is 30.3 Å². The summed E-state index contributed by atoms with van der Waals surface area (Å²) >= 11 is 1.56. The first-order valence-electron chi connectivity index (χ1n) is 11.7. The molecule has 172 valence electrons. The van der Waals surface area contributed by atoms with E-state index in [2.05, 4.69) is 33.2 Å². The summed E-state index contributed by atoms with van der Waals surface area (Å²) in [5.41, 5.74) is 9.22. The first-order chi connectivity index (χ1) is 16.2. The van der Waals surface area contributed by atoms with Gasteiger partial charge in [0.2, 0.25) is 0 Å². The van der Waals surface area contributed by atoms with Crippen LogP contribution in [0.2, 0.25) is 0 Å². The van der Waals surface area contributed by atoms with Crippen LogP contribution in [0.5, 0.6) is 0 Å². The van der Waals surface area contributed by atoms with Crippen LogP contribution in [0.3, 0.4) is 0 Å². The number of nitrogen functional groups attached to an aromatic ring is 1. The third kappa shape index (κ3) is 4.38. The number of nitrogens with zero attached hydrogens (tertiary/aromatic N) is 4. The summed E-state index contributed by atoms with van der Waals surface area (Å²) in [4.78, 5) is 17.1. The molecule has 0 spiro atoms. The standard InChI is InChI=1S/C25H30N6OS/c1-2-6-17-13-20(30-25-21(17)22-23(33-25)24(26)29-15-28-22)31(18-9-11-27-12-10-18)14-19(32)16-7-4-3-5-8-16/h3-5,7-8,13,15,18-19,27,32H,2,6,9-12,14H2,1H3,(H2,26,28,29)/t19-/m1/s1. The predicted octanol–water partition coefficient (Wildman–Crippen LogP) is 4.07. The van der Waals surface area contributed by atoms with Crippen molar-refractivity contribution >= 4 is 43.4 Å².